The lowest BCUT2D eigenvalue weighted by Gasteiger charge is -2.31. The van der Waals surface area contributed by atoms with E-state index in [1.165, 1.54) is 12.4 Å². The average molecular weight is 245 g/mol. The molecule has 0 aliphatic carbocycles. The van der Waals surface area contributed by atoms with Gasteiger partial charge in [0.2, 0.25) is 0 Å². The van der Waals surface area contributed by atoms with Gasteiger partial charge >= 0.3 is 0 Å². The Labute approximate surface area is 94.4 Å². The van der Waals surface area contributed by atoms with Gasteiger partial charge in [0.05, 0.1) is 6.20 Å². The molecule has 1 aliphatic heterocycles. The Kier molecular flexibility index (Phi) is 3.24. The van der Waals surface area contributed by atoms with Gasteiger partial charge in [-0.05, 0) is 7.05 Å². The molecule has 1 saturated heterocycles. The molecule has 2 N–H and O–H groups in total. The second-order valence-electron chi connectivity index (χ2n) is 3.82. The first-order valence-electron chi connectivity index (χ1n) is 5.03. The largest absolute Gasteiger partial charge is 0.304 e. The van der Waals surface area contributed by atoms with Gasteiger partial charge in [0.15, 0.2) is 0 Å². The first-order chi connectivity index (χ1) is 7.58. The maximum absolute atomic E-state index is 11.8. The number of piperazine rings is 1. The highest BCUT2D eigenvalue weighted by Gasteiger charge is 2.21. The van der Waals surface area contributed by atoms with Crippen molar-refractivity contribution in [2.75, 3.05) is 33.2 Å². The Bertz CT molecular complexity index is 421. The lowest BCUT2D eigenvalue weighted by atomic mass is 10.4. The topological polar surface area (TPSA) is 81.3 Å². The number of aromatic nitrogens is 2. The van der Waals surface area contributed by atoms with Crippen LogP contribution in [-0.4, -0.2) is 61.8 Å². The number of aromatic amines is 1. The van der Waals surface area contributed by atoms with Gasteiger partial charge in [0, 0.05) is 32.4 Å². The van der Waals surface area contributed by atoms with Gasteiger partial charge in [-0.3, -0.25) is 5.10 Å². The van der Waals surface area contributed by atoms with Gasteiger partial charge in [-0.15, -0.1) is 4.83 Å². The quantitative estimate of drug-likeness (QED) is 0.703. The summed E-state index contributed by atoms with van der Waals surface area (Å²) in [6.07, 6.45) is 2.65. The van der Waals surface area contributed by atoms with E-state index in [4.69, 9.17) is 0 Å². The zero-order valence-electron chi connectivity index (χ0n) is 9.05. The van der Waals surface area contributed by atoms with E-state index >= 15 is 0 Å². The molecule has 1 fully saturated rings. The number of hydrogen-bond acceptors (Lipinski definition) is 5. The molecule has 0 spiro atoms. The summed E-state index contributed by atoms with van der Waals surface area (Å²) in [5, 5.41) is 7.82. The molecule has 2 heterocycles. The second kappa shape index (κ2) is 4.50. The van der Waals surface area contributed by atoms with Crippen LogP contribution in [0.1, 0.15) is 0 Å². The maximum atomic E-state index is 11.8. The minimum absolute atomic E-state index is 0.159. The van der Waals surface area contributed by atoms with Crippen molar-refractivity contribution in [3.63, 3.8) is 0 Å². The van der Waals surface area contributed by atoms with Crippen LogP contribution < -0.4 is 4.83 Å². The Morgan fingerprint density at radius 1 is 1.38 bits per heavy atom. The van der Waals surface area contributed by atoms with Crippen molar-refractivity contribution < 1.29 is 8.42 Å². The third-order valence-electron chi connectivity index (χ3n) is 2.54. The lowest BCUT2D eigenvalue weighted by Crippen LogP contribution is -2.52. The summed E-state index contributed by atoms with van der Waals surface area (Å²) in [5.41, 5.74) is 0. The number of hydrazine groups is 1. The van der Waals surface area contributed by atoms with Gasteiger partial charge in [-0.2, -0.15) is 5.10 Å². The van der Waals surface area contributed by atoms with Crippen molar-refractivity contribution in [3.05, 3.63) is 12.4 Å². The van der Waals surface area contributed by atoms with Gasteiger partial charge in [0.25, 0.3) is 10.0 Å². The molecule has 0 bridgehead atoms. The number of nitrogens with one attached hydrogen (secondary N) is 2. The summed E-state index contributed by atoms with van der Waals surface area (Å²) in [5.74, 6) is 0. The molecule has 0 aromatic carbocycles. The van der Waals surface area contributed by atoms with Crippen molar-refractivity contribution in [2.24, 2.45) is 0 Å². The van der Waals surface area contributed by atoms with E-state index in [0.29, 0.717) is 13.1 Å². The third kappa shape index (κ3) is 2.59. The average Bonchev–Trinajstić information content (AvgIpc) is 2.75. The van der Waals surface area contributed by atoms with Gasteiger partial charge in [-0.1, -0.05) is 0 Å². The van der Waals surface area contributed by atoms with Gasteiger partial charge < -0.3 is 4.90 Å². The van der Waals surface area contributed by atoms with Crippen LogP contribution in [0.5, 0.6) is 0 Å². The van der Waals surface area contributed by atoms with E-state index in [-0.39, 0.29) is 4.90 Å². The first-order valence-corrected chi connectivity index (χ1v) is 6.51. The van der Waals surface area contributed by atoms with E-state index in [0.717, 1.165) is 13.1 Å². The highest BCUT2D eigenvalue weighted by molar-refractivity contribution is 7.89. The lowest BCUT2D eigenvalue weighted by molar-refractivity contribution is 0.135. The fraction of sp³-hybridized carbons (Fsp3) is 0.625. The zero-order valence-corrected chi connectivity index (χ0v) is 9.87. The Morgan fingerprint density at radius 2 is 2.06 bits per heavy atom. The van der Waals surface area contributed by atoms with E-state index < -0.39 is 10.0 Å². The number of rotatable bonds is 3. The maximum Gasteiger partial charge on any atom is 0.256 e. The standard InChI is InChI=1S/C8H15N5O2S/c1-12-2-4-13(5-3-12)11-16(14,15)8-6-9-10-7-8/h6-7,11H,2-5H2,1H3,(H,9,10). The summed E-state index contributed by atoms with van der Waals surface area (Å²) in [4.78, 5) is 4.85. The normalized spacial score (nSPS) is 20.1. The fourth-order valence-electron chi connectivity index (χ4n) is 1.51. The Balaban J connectivity index is 2.00. The van der Waals surface area contributed by atoms with Crippen LogP contribution in [0.3, 0.4) is 0 Å². The van der Waals surface area contributed by atoms with Crippen molar-refractivity contribution in [3.8, 4) is 0 Å². The van der Waals surface area contributed by atoms with Crippen LogP contribution >= 0.6 is 0 Å². The molecule has 90 valence electrons. The summed E-state index contributed by atoms with van der Waals surface area (Å²) < 4.78 is 23.6. The molecule has 0 radical (unpaired) electrons. The molecule has 1 aromatic heterocycles. The highest BCUT2D eigenvalue weighted by Crippen LogP contribution is 2.06. The molecule has 1 aromatic rings. The smallest absolute Gasteiger partial charge is 0.256 e. The van der Waals surface area contributed by atoms with Crippen LogP contribution in [0.15, 0.2) is 17.3 Å². The zero-order chi connectivity index (χ0) is 11.6. The monoisotopic (exact) mass is 245 g/mol. The van der Waals surface area contributed by atoms with Crippen LogP contribution in [-0.2, 0) is 10.0 Å². The number of nitrogens with zero attached hydrogens (tertiary/aromatic N) is 3. The number of hydrogen-bond donors (Lipinski definition) is 2. The van der Waals surface area contributed by atoms with Crippen LogP contribution in [0.4, 0.5) is 0 Å². The number of H-pyrrole nitrogens is 1. The van der Waals surface area contributed by atoms with Crippen molar-refractivity contribution >= 4 is 10.0 Å². The molecule has 0 amide bonds. The molecule has 0 atom stereocenters. The summed E-state index contributed by atoms with van der Waals surface area (Å²) in [7, 11) is -1.45. The number of sulfonamides is 1. The van der Waals surface area contributed by atoms with E-state index in [9.17, 15) is 8.42 Å². The Morgan fingerprint density at radius 3 is 2.62 bits per heavy atom. The van der Waals surface area contributed by atoms with Crippen molar-refractivity contribution in [1.29, 1.82) is 0 Å². The molecular weight excluding hydrogens is 230 g/mol. The van der Waals surface area contributed by atoms with E-state index in [2.05, 4.69) is 19.9 Å². The van der Waals surface area contributed by atoms with E-state index in [1.54, 1.807) is 5.01 Å². The molecule has 8 heteroatoms. The van der Waals surface area contributed by atoms with Crippen LogP contribution in [0.25, 0.3) is 0 Å². The van der Waals surface area contributed by atoms with Crippen molar-refractivity contribution in [1.82, 2.24) is 24.9 Å². The summed E-state index contributed by atoms with van der Waals surface area (Å²) >= 11 is 0. The molecule has 0 saturated carbocycles. The van der Waals surface area contributed by atoms with Gasteiger partial charge in [0.1, 0.15) is 4.90 Å². The fourth-order valence-corrected chi connectivity index (χ4v) is 2.53. The highest BCUT2D eigenvalue weighted by atomic mass is 32.2. The third-order valence-corrected chi connectivity index (χ3v) is 3.88. The van der Waals surface area contributed by atoms with Crippen LogP contribution in [0, 0.1) is 0 Å². The molecule has 2 rings (SSSR count). The minimum Gasteiger partial charge on any atom is -0.304 e. The predicted octanol–water partition coefficient (Wildman–Crippen LogP) is -1.15. The molecular formula is C8H15N5O2S. The second-order valence-corrected chi connectivity index (χ2v) is 5.48. The first kappa shape index (κ1) is 11.5. The van der Waals surface area contributed by atoms with Crippen molar-refractivity contribution in [2.45, 2.75) is 4.90 Å². The number of likely N-dealkylation sites (N-methyl/N-ethyl adjacent to an activating group) is 1. The van der Waals surface area contributed by atoms with E-state index in [1.807, 2.05) is 7.05 Å². The Hall–Kier alpha value is -0.960. The summed E-state index contributed by atoms with van der Waals surface area (Å²) in [6.45, 7) is 3.09. The minimum atomic E-state index is -3.47. The molecule has 7 nitrogen and oxygen atoms in total. The predicted molar refractivity (Wildman–Crippen MR) is 58.0 cm³/mol. The molecule has 16 heavy (non-hydrogen) atoms. The molecule has 0 unspecified atom stereocenters. The summed E-state index contributed by atoms with van der Waals surface area (Å²) in [6, 6.07) is 0. The SMILES string of the molecule is CN1CCN(NS(=O)(=O)c2cn[nH]c2)CC1. The molecule has 1 aliphatic rings. The van der Waals surface area contributed by atoms with Crippen LogP contribution in [0.2, 0.25) is 0 Å². The van der Waals surface area contributed by atoms with Gasteiger partial charge in [-0.25, -0.2) is 13.4 Å².